The number of anilines is 1. The maximum absolute atomic E-state index is 10.9. The highest BCUT2D eigenvalue weighted by Crippen LogP contribution is 2.17. The molecule has 0 amide bonds. The first-order valence-electron chi connectivity index (χ1n) is 5.87. The van der Waals surface area contributed by atoms with E-state index in [4.69, 9.17) is 10.2 Å². The maximum atomic E-state index is 10.9. The largest absolute Gasteiger partial charge is 0.481 e. The van der Waals surface area contributed by atoms with Crippen LogP contribution in [0.15, 0.2) is 36.9 Å². The Bertz CT molecular complexity index is 467. The summed E-state index contributed by atoms with van der Waals surface area (Å²) in [6.45, 7) is 6.11. The zero-order valence-electron chi connectivity index (χ0n) is 10.7. The first-order valence-corrected chi connectivity index (χ1v) is 5.87. The number of carbonyl (C=O) groups is 2. The molecule has 102 valence electrons. The van der Waals surface area contributed by atoms with Crippen molar-refractivity contribution in [1.29, 1.82) is 0 Å². The molecule has 1 aromatic rings. The van der Waals surface area contributed by atoms with Gasteiger partial charge in [-0.25, -0.2) is 4.79 Å². The van der Waals surface area contributed by atoms with Crippen molar-refractivity contribution in [3.05, 3.63) is 42.5 Å². The van der Waals surface area contributed by atoms with E-state index in [2.05, 4.69) is 6.58 Å². The van der Waals surface area contributed by atoms with Crippen LogP contribution in [0, 0.1) is 5.92 Å². The summed E-state index contributed by atoms with van der Waals surface area (Å²) in [4.78, 5) is 23.5. The first-order chi connectivity index (χ1) is 8.95. The lowest BCUT2D eigenvalue weighted by Gasteiger charge is -2.25. The van der Waals surface area contributed by atoms with Crippen molar-refractivity contribution in [2.24, 2.45) is 5.92 Å². The van der Waals surface area contributed by atoms with E-state index >= 15 is 0 Å². The van der Waals surface area contributed by atoms with E-state index in [1.165, 1.54) is 12.1 Å². The van der Waals surface area contributed by atoms with Gasteiger partial charge in [-0.1, -0.05) is 13.0 Å². The fourth-order valence-electron chi connectivity index (χ4n) is 1.66. The minimum atomic E-state index is -0.985. The van der Waals surface area contributed by atoms with E-state index in [0.29, 0.717) is 13.1 Å². The molecule has 5 nitrogen and oxygen atoms in total. The summed E-state index contributed by atoms with van der Waals surface area (Å²) in [6.07, 6.45) is 1.68. The molecule has 0 radical (unpaired) electrons. The number of hydrogen-bond acceptors (Lipinski definition) is 3. The Labute approximate surface area is 111 Å². The molecule has 0 spiro atoms. The molecular formula is C14H17NO4. The first kappa shape index (κ1) is 14.8. The number of aliphatic carboxylic acids is 1. The van der Waals surface area contributed by atoms with Gasteiger partial charge in [0.05, 0.1) is 11.5 Å². The third-order valence-electron chi connectivity index (χ3n) is 2.74. The van der Waals surface area contributed by atoms with E-state index in [0.717, 1.165) is 5.69 Å². The van der Waals surface area contributed by atoms with Gasteiger partial charge in [0.2, 0.25) is 0 Å². The van der Waals surface area contributed by atoms with E-state index in [9.17, 15) is 9.59 Å². The molecule has 5 heteroatoms. The molecule has 1 aromatic carbocycles. The quantitative estimate of drug-likeness (QED) is 0.736. The molecule has 0 aliphatic rings. The van der Waals surface area contributed by atoms with Crippen LogP contribution in [0.2, 0.25) is 0 Å². The molecule has 2 N–H and O–H groups in total. The van der Waals surface area contributed by atoms with Crippen molar-refractivity contribution in [3.63, 3.8) is 0 Å². The molecule has 0 saturated carbocycles. The summed E-state index contributed by atoms with van der Waals surface area (Å²) in [5.41, 5.74) is 0.978. The van der Waals surface area contributed by atoms with Crippen molar-refractivity contribution in [1.82, 2.24) is 0 Å². The normalized spacial score (nSPS) is 11.6. The second kappa shape index (κ2) is 6.58. The van der Waals surface area contributed by atoms with E-state index < -0.39 is 17.9 Å². The monoisotopic (exact) mass is 263 g/mol. The lowest BCUT2D eigenvalue weighted by molar-refractivity contribution is -0.140. The van der Waals surface area contributed by atoms with Crippen LogP contribution in [0.3, 0.4) is 0 Å². The fraction of sp³-hybridized carbons (Fsp3) is 0.286. The van der Waals surface area contributed by atoms with Gasteiger partial charge in [0.25, 0.3) is 0 Å². The molecular weight excluding hydrogens is 246 g/mol. The van der Waals surface area contributed by atoms with Gasteiger partial charge < -0.3 is 15.1 Å². The average Bonchev–Trinajstić information content (AvgIpc) is 2.38. The molecule has 0 bridgehead atoms. The molecule has 0 fully saturated rings. The molecule has 0 aliphatic carbocycles. The van der Waals surface area contributed by atoms with E-state index in [1.807, 2.05) is 4.90 Å². The number of carboxylic acid groups (broad SMARTS) is 2. The molecule has 1 rings (SSSR count). The number of carboxylic acids is 2. The standard InChI is InChI=1S/C14H17NO4/c1-3-8-15(9-10(2)13(16)17)12-6-4-11(5-7-12)14(18)19/h3-7,10H,1,8-9H2,2H3,(H,16,17)(H,18,19). The van der Waals surface area contributed by atoms with Gasteiger partial charge in [-0.15, -0.1) is 6.58 Å². The minimum absolute atomic E-state index is 0.202. The highest BCUT2D eigenvalue weighted by atomic mass is 16.4. The summed E-state index contributed by atoms with van der Waals surface area (Å²) >= 11 is 0. The number of nitrogens with zero attached hydrogens (tertiary/aromatic N) is 1. The Kier molecular flexibility index (Phi) is 5.11. The van der Waals surface area contributed by atoms with E-state index in [-0.39, 0.29) is 5.56 Å². The zero-order valence-corrected chi connectivity index (χ0v) is 10.7. The van der Waals surface area contributed by atoms with E-state index in [1.54, 1.807) is 25.1 Å². The molecule has 0 heterocycles. The topological polar surface area (TPSA) is 77.8 Å². The van der Waals surface area contributed by atoms with Crippen LogP contribution in [-0.2, 0) is 4.79 Å². The van der Waals surface area contributed by atoms with Crippen LogP contribution >= 0.6 is 0 Å². The van der Waals surface area contributed by atoms with Crippen LogP contribution in [-0.4, -0.2) is 35.2 Å². The minimum Gasteiger partial charge on any atom is -0.481 e. The van der Waals surface area contributed by atoms with Crippen molar-refractivity contribution in [3.8, 4) is 0 Å². The molecule has 0 aromatic heterocycles. The van der Waals surface area contributed by atoms with Crippen LogP contribution in [0.4, 0.5) is 5.69 Å². The van der Waals surface area contributed by atoms with Gasteiger partial charge in [-0.05, 0) is 24.3 Å². The van der Waals surface area contributed by atoms with Gasteiger partial charge in [0, 0.05) is 18.8 Å². The summed E-state index contributed by atoms with van der Waals surface area (Å²) in [6, 6.07) is 6.33. The summed E-state index contributed by atoms with van der Waals surface area (Å²) < 4.78 is 0. The molecule has 0 saturated heterocycles. The van der Waals surface area contributed by atoms with Crippen LogP contribution in [0.25, 0.3) is 0 Å². The summed E-state index contributed by atoms with van der Waals surface area (Å²) in [5.74, 6) is -2.36. The lowest BCUT2D eigenvalue weighted by atomic mass is 10.1. The predicted octanol–water partition coefficient (Wildman–Crippen LogP) is 2.10. The smallest absolute Gasteiger partial charge is 0.335 e. The van der Waals surface area contributed by atoms with Crippen molar-refractivity contribution < 1.29 is 19.8 Å². The Hall–Kier alpha value is -2.30. The molecule has 1 unspecified atom stereocenters. The zero-order chi connectivity index (χ0) is 14.4. The number of hydrogen-bond donors (Lipinski definition) is 2. The van der Waals surface area contributed by atoms with Crippen molar-refractivity contribution in [2.45, 2.75) is 6.92 Å². The fourth-order valence-corrected chi connectivity index (χ4v) is 1.66. The van der Waals surface area contributed by atoms with Gasteiger partial charge in [0.15, 0.2) is 0 Å². The molecule has 0 aliphatic heterocycles. The molecule has 19 heavy (non-hydrogen) atoms. The van der Waals surface area contributed by atoms with Crippen molar-refractivity contribution in [2.75, 3.05) is 18.0 Å². The molecule has 1 atom stereocenters. The SMILES string of the molecule is C=CCN(CC(C)C(=O)O)c1ccc(C(=O)O)cc1. The average molecular weight is 263 g/mol. The van der Waals surface area contributed by atoms with Gasteiger partial charge >= 0.3 is 11.9 Å². The van der Waals surface area contributed by atoms with Gasteiger partial charge in [-0.2, -0.15) is 0 Å². The lowest BCUT2D eigenvalue weighted by Crippen LogP contribution is -2.32. The maximum Gasteiger partial charge on any atom is 0.335 e. The Morgan fingerprint density at radius 3 is 2.32 bits per heavy atom. The second-order valence-corrected chi connectivity index (χ2v) is 4.28. The highest BCUT2D eigenvalue weighted by Gasteiger charge is 2.16. The van der Waals surface area contributed by atoms with Crippen LogP contribution in [0.1, 0.15) is 17.3 Å². The second-order valence-electron chi connectivity index (χ2n) is 4.28. The summed E-state index contributed by atoms with van der Waals surface area (Å²) in [5, 5.41) is 17.8. The predicted molar refractivity (Wildman–Crippen MR) is 72.6 cm³/mol. The van der Waals surface area contributed by atoms with Gasteiger partial charge in [-0.3, -0.25) is 4.79 Å². The third-order valence-corrected chi connectivity index (χ3v) is 2.74. The van der Waals surface area contributed by atoms with Crippen molar-refractivity contribution >= 4 is 17.6 Å². The third kappa shape index (κ3) is 4.13. The number of rotatable bonds is 7. The number of benzene rings is 1. The Balaban J connectivity index is 2.89. The Morgan fingerprint density at radius 1 is 1.32 bits per heavy atom. The number of aromatic carboxylic acids is 1. The van der Waals surface area contributed by atoms with Crippen LogP contribution in [0.5, 0.6) is 0 Å². The van der Waals surface area contributed by atoms with Gasteiger partial charge in [0.1, 0.15) is 0 Å². The summed E-state index contributed by atoms with van der Waals surface area (Å²) in [7, 11) is 0. The highest BCUT2D eigenvalue weighted by molar-refractivity contribution is 5.88. The van der Waals surface area contributed by atoms with Crippen LogP contribution < -0.4 is 4.90 Å². The Morgan fingerprint density at radius 2 is 1.89 bits per heavy atom.